The van der Waals surface area contributed by atoms with Gasteiger partial charge in [0.1, 0.15) is 0 Å². The van der Waals surface area contributed by atoms with Crippen LogP contribution in [0.2, 0.25) is 0 Å². The molecule has 1 aromatic rings. The molecule has 1 heterocycles. The maximum atomic E-state index is 2.60. The van der Waals surface area contributed by atoms with Crippen LogP contribution < -0.4 is 0 Å². The minimum absolute atomic E-state index is 0.396. The summed E-state index contributed by atoms with van der Waals surface area (Å²) in [5, 5.41) is 0. The van der Waals surface area contributed by atoms with E-state index in [1.807, 2.05) is 0 Å². The van der Waals surface area contributed by atoms with E-state index in [2.05, 4.69) is 57.7 Å². The zero-order valence-corrected chi connectivity index (χ0v) is 12.6. The highest BCUT2D eigenvalue weighted by molar-refractivity contribution is 5.38. The Kier molecular flexibility index (Phi) is 3.82. The van der Waals surface area contributed by atoms with Gasteiger partial charge in [-0.05, 0) is 34.4 Å². The Bertz CT molecular complexity index is 412. The zero-order valence-electron chi connectivity index (χ0n) is 12.6. The normalized spacial score (nSPS) is 17.0. The van der Waals surface area contributed by atoms with E-state index in [9.17, 15) is 0 Å². The summed E-state index contributed by atoms with van der Waals surface area (Å²) in [4.78, 5) is 2.60. The summed E-state index contributed by atoms with van der Waals surface area (Å²) in [5.74, 6) is 0.647. The average molecular weight is 245 g/mol. The van der Waals surface area contributed by atoms with Crippen LogP contribution in [0.25, 0.3) is 0 Å². The Morgan fingerprint density at radius 3 is 2.56 bits per heavy atom. The molecular formula is C17H27N. The van der Waals surface area contributed by atoms with Crippen LogP contribution in [0.4, 0.5) is 0 Å². The second-order valence-corrected chi connectivity index (χ2v) is 7.16. The maximum Gasteiger partial charge on any atom is 0.0236 e. The summed E-state index contributed by atoms with van der Waals surface area (Å²) < 4.78 is 0. The number of benzene rings is 1. The zero-order chi connectivity index (χ0) is 13.3. The van der Waals surface area contributed by atoms with E-state index in [-0.39, 0.29) is 0 Å². The van der Waals surface area contributed by atoms with Crippen LogP contribution in [-0.4, -0.2) is 18.0 Å². The predicted octanol–water partition coefficient (Wildman–Crippen LogP) is 4.21. The lowest BCUT2D eigenvalue weighted by Gasteiger charge is -2.35. The lowest BCUT2D eigenvalue weighted by Crippen LogP contribution is -2.37. The molecule has 0 saturated carbocycles. The fraction of sp³-hybridized carbons (Fsp3) is 0.647. The van der Waals surface area contributed by atoms with E-state index < -0.39 is 0 Å². The van der Waals surface area contributed by atoms with Gasteiger partial charge in [-0.3, -0.25) is 4.90 Å². The van der Waals surface area contributed by atoms with Crippen LogP contribution in [0, 0.1) is 5.41 Å². The van der Waals surface area contributed by atoms with Gasteiger partial charge in [0, 0.05) is 19.6 Å². The Morgan fingerprint density at radius 2 is 1.94 bits per heavy atom. The number of nitrogens with zero attached hydrogens (tertiary/aromatic N) is 1. The first kappa shape index (κ1) is 13.6. The van der Waals surface area contributed by atoms with Gasteiger partial charge >= 0.3 is 0 Å². The first-order chi connectivity index (χ1) is 8.37. The molecule has 1 aliphatic rings. The molecule has 2 rings (SSSR count). The largest absolute Gasteiger partial charge is 0.298 e. The van der Waals surface area contributed by atoms with Gasteiger partial charge in [0.15, 0.2) is 0 Å². The molecule has 1 aromatic carbocycles. The van der Waals surface area contributed by atoms with Gasteiger partial charge in [0.2, 0.25) is 0 Å². The highest BCUT2D eigenvalue weighted by atomic mass is 15.1. The van der Waals surface area contributed by atoms with Crippen molar-refractivity contribution < 1.29 is 0 Å². The molecule has 1 aliphatic heterocycles. The van der Waals surface area contributed by atoms with Crippen molar-refractivity contribution in [3.05, 3.63) is 34.9 Å². The first-order valence-electron chi connectivity index (χ1n) is 7.20. The Labute approximate surface area is 112 Å². The fourth-order valence-electron chi connectivity index (χ4n) is 3.04. The quantitative estimate of drug-likeness (QED) is 0.754. The molecule has 0 atom stereocenters. The van der Waals surface area contributed by atoms with E-state index in [0.29, 0.717) is 11.3 Å². The predicted molar refractivity (Wildman–Crippen MR) is 79.0 cm³/mol. The van der Waals surface area contributed by atoms with Crippen LogP contribution in [0.1, 0.15) is 57.2 Å². The van der Waals surface area contributed by atoms with Crippen LogP contribution in [-0.2, 0) is 13.0 Å². The molecule has 18 heavy (non-hydrogen) atoms. The van der Waals surface area contributed by atoms with Gasteiger partial charge in [-0.1, -0.05) is 52.8 Å². The van der Waals surface area contributed by atoms with Crippen molar-refractivity contribution in [2.24, 2.45) is 5.41 Å². The minimum Gasteiger partial charge on any atom is -0.298 e. The molecule has 0 aromatic heterocycles. The van der Waals surface area contributed by atoms with Crippen molar-refractivity contribution in [2.75, 3.05) is 13.1 Å². The Morgan fingerprint density at radius 1 is 1.22 bits per heavy atom. The lowest BCUT2D eigenvalue weighted by atomic mass is 9.88. The van der Waals surface area contributed by atoms with Gasteiger partial charge in [0.05, 0.1) is 0 Å². The van der Waals surface area contributed by atoms with Crippen LogP contribution in [0.3, 0.4) is 0 Å². The highest BCUT2D eigenvalue weighted by Gasteiger charge is 2.22. The highest BCUT2D eigenvalue weighted by Crippen LogP contribution is 2.28. The molecule has 0 bridgehead atoms. The fourth-order valence-corrected chi connectivity index (χ4v) is 3.04. The Hall–Kier alpha value is -0.820. The van der Waals surface area contributed by atoms with E-state index in [0.717, 1.165) is 6.54 Å². The average Bonchev–Trinajstić information content (AvgIpc) is 2.25. The van der Waals surface area contributed by atoms with Crippen molar-refractivity contribution in [3.8, 4) is 0 Å². The molecule has 0 fully saturated rings. The third-order valence-electron chi connectivity index (χ3n) is 3.70. The molecule has 0 unspecified atom stereocenters. The summed E-state index contributed by atoms with van der Waals surface area (Å²) in [6.45, 7) is 15.1. The van der Waals surface area contributed by atoms with E-state index in [1.165, 1.54) is 19.5 Å². The van der Waals surface area contributed by atoms with E-state index >= 15 is 0 Å². The van der Waals surface area contributed by atoms with Crippen molar-refractivity contribution in [3.63, 3.8) is 0 Å². The minimum atomic E-state index is 0.396. The molecular weight excluding hydrogens is 218 g/mol. The topological polar surface area (TPSA) is 3.24 Å². The van der Waals surface area contributed by atoms with Gasteiger partial charge in [-0.15, -0.1) is 0 Å². The number of hydrogen-bond acceptors (Lipinski definition) is 1. The molecule has 0 saturated heterocycles. The van der Waals surface area contributed by atoms with E-state index in [4.69, 9.17) is 0 Å². The SMILES string of the molecule is CC(C)c1cccc2c1CCN(CC(C)(C)C)C2. The van der Waals surface area contributed by atoms with Crippen LogP contribution in [0.15, 0.2) is 18.2 Å². The van der Waals surface area contributed by atoms with Crippen molar-refractivity contribution in [2.45, 2.75) is 53.5 Å². The number of fused-ring (bicyclic) bond motifs is 1. The molecule has 0 radical (unpaired) electrons. The Balaban J connectivity index is 2.18. The molecule has 100 valence electrons. The maximum absolute atomic E-state index is 2.60. The van der Waals surface area contributed by atoms with E-state index in [1.54, 1.807) is 16.7 Å². The molecule has 0 N–H and O–H groups in total. The first-order valence-corrected chi connectivity index (χ1v) is 7.20. The van der Waals surface area contributed by atoms with Crippen LogP contribution >= 0.6 is 0 Å². The third-order valence-corrected chi connectivity index (χ3v) is 3.70. The number of rotatable bonds is 2. The second-order valence-electron chi connectivity index (χ2n) is 7.16. The van der Waals surface area contributed by atoms with Crippen molar-refractivity contribution in [1.29, 1.82) is 0 Å². The second kappa shape index (κ2) is 5.05. The molecule has 0 aliphatic carbocycles. The summed E-state index contributed by atoms with van der Waals surface area (Å²) in [7, 11) is 0. The monoisotopic (exact) mass is 245 g/mol. The third kappa shape index (κ3) is 3.14. The molecule has 1 heteroatoms. The van der Waals surface area contributed by atoms with Crippen LogP contribution in [0.5, 0.6) is 0 Å². The molecule has 0 amide bonds. The smallest absolute Gasteiger partial charge is 0.0236 e. The lowest BCUT2D eigenvalue weighted by molar-refractivity contribution is 0.176. The van der Waals surface area contributed by atoms with Gasteiger partial charge in [-0.2, -0.15) is 0 Å². The summed E-state index contributed by atoms with van der Waals surface area (Å²) >= 11 is 0. The molecule has 1 nitrogen and oxygen atoms in total. The summed E-state index contributed by atoms with van der Waals surface area (Å²) in [5.41, 5.74) is 5.13. The van der Waals surface area contributed by atoms with Gasteiger partial charge < -0.3 is 0 Å². The molecule has 0 spiro atoms. The summed E-state index contributed by atoms with van der Waals surface area (Å²) in [6, 6.07) is 6.85. The van der Waals surface area contributed by atoms with Gasteiger partial charge in [-0.25, -0.2) is 0 Å². The van der Waals surface area contributed by atoms with Crippen molar-refractivity contribution in [1.82, 2.24) is 4.90 Å². The number of hydrogen-bond donors (Lipinski definition) is 0. The standard InChI is InChI=1S/C17H27N/c1-13(2)15-8-6-7-14-11-18(10-9-16(14)15)12-17(3,4)5/h6-8,13H,9-12H2,1-5H3. The van der Waals surface area contributed by atoms with Crippen molar-refractivity contribution >= 4 is 0 Å². The summed E-state index contributed by atoms with van der Waals surface area (Å²) in [6.07, 6.45) is 1.22. The van der Waals surface area contributed by atoms with Gasteiger partial charge in [0.25, 0.3) is 0 Å².